The third kappa shape index (κ3) is 2.49. The van der Waals surface area contributed by atoms with Crippen molar-refractivity contribution in [3.8, 4) is 5.75 Å². The van der Waals surface area contributed by atoms with E-state index in [0.29, 0.717) is 18.7 Å². The van der Waals surface area contributed by atoms with Gasteiger partial charge in [-0.05, 0) is 24.3 Å². The minimum atomic E-state index is -0.870. The first-order valence-electron chi connectivity index (χ1n) is 5.03. The molecule has 0 aromatic heterocycles. The highest BCUT2D eigenvalue weighted by atomic mass is 19.1. The highest BCUT2D eigenvalue weighted by molar-refractivity contribution is 5.73. The standard InChI is InChI=1S/C11H12FNO3/c12-7-1-3-8(4-2-7)16-9-5-10(11(14)15)13-6-9/h1-4,9-10,13H,5-6H2,(H,14,15). The average molecular weight is 225 g/mol. The molecular weight excluding hydrogens is 213 g/mol. The predicted octanol–water partition coefficient (Wildman–Crippen LogP) is 1.02. The molecule has 16 heavy (non-hydrogen) atoms. The molecule has 2 atom stereocenters. The van der Waals surface area contributed by atoms with Crippen molar-refractivity contribution in [3.63, 3.8) is 0 Å². The van der Waals surface area contributed by atoms with E-state index in [-0.39, 0.29) is 11.9 Å². The smallest absolute Gasteiger partial charge is 0.320 e. The van der Waals surface area contributed by atoms with E-state index < -0.39 is 12.0 Å². The van der Waals surface area contributed by atoms with Crippen LogP contribution in [0, 0.1) is 5.82 Å². The Morgan fingerprint density at radius 1 is 1.44 bits per heavy atom. The molecular formula is C11H12FNO3. The van der Waals surface area contributed by atoms with Crippen molar-refractivity contribution in [2.45, 2.75) is 18.6 Å². The van der Waals surface area contributed by atoms with Crippen LogP contribution in [0.4, 0.5) is 4.39 Å². The van der Waals surface area contributed by atoms with Crippen molar-refractivity contribution in [1.29, 1.82) is 0 Å². The van der Waals surface area contributed by atoms with Crippen molar-refractivity contribution < 1.29 is 19.0 Å². The molecule has 1 saturated heterocycles. The van der Waals surface area contributed by atoms with Gasteiger partial charge in [0.05, 0.1) is 0 Å². The number of carbonyl (C=O) groups is 1. The quantitative estimate of drug-likeness (QED) is 0.806. The number of benzene rings is 1. The first kappa shape index (κ1) is 10.9. The molecule has 0 saturated carbocycles. The van der Waals surface area contributed by atoms with E-state index in [1.165, 1.54) is 24.3 Å². The van der Waals surface area contributed by atoms with Crippen molar-refractivity contribution >= 4 is 5.97 Å². The normalized spacial score (nSPS) is 24.3. The first-order valence-corrected chi connectivity index (χ1v) is 5.03. The van der Waals surface area contributed by atoms with E-state index in [4.69, 9.17) is 9.84 Å². The lowest BCUT2D eigenvalue weighted by Crippen LogP contribution is -2.30. The van der Waals surface area contributed by atoms with Crippen molar-refractivity contribution in [3.05, 3.63) is 30.1 Å². The van der Waals surface area contributed by atoms with Crippen LogP contribution >= 0.6 is 0 Å². The molecule has 1 aliphatic rings. The van der Waals surface area contributed by atoms with Gasteiger partial charge in [0.15, 0.2) is 0 Å². The molecule has 0 radical (unpaired) electrons. The lowest BCUT2D eigenvalue weighted by molar-refractivity contribution is -0.139. The molecule has 2 rings (SSSR count). The third-order valence-corrected chi connectivity index (χ3v) is 2.50. The number of hydrogen-bond donors (Lipinski definition) is 2. The van der Waals surface area contributed by atoms with Crippen LogP contribution in [0.1, 0.15) is 6.42 Å². The van der Waals surface area contributed by atoms with E-state index in [2.05, 4.69) is 5.32 Å². The Morgan fingerprint density at radius 2 is 2.12 bits per heavy atom. The van der Waals surface area contributed by atoms with Gasteiger partial charge >= 0.3 is 5.97 Å². The van der Waals surface area contributed by atoms with E-state index in [0.717, 1.165) is 0 Å². The molecule has 1 aromatic carbocycles. The van der Waals surface area contributed by atoms with E-state index in [1.54, 1.807) is 0 Å². The fourth-order valence-corrected chi connectivity index (χ4v) is 1.69. The van der Waals surface area contributed by atoms with Crippen molar-refractivity contribution in [1.82, 2.24) is 5.32 Å². The van der Waals surface area contributed by atoms with Crippen LogP contribution in [-0.2, 0) is 4.79 Å². The van der Waals surface area contributed by atoms with E-state index in [9.17, 15) is 9.18 Å². The second-order valence-corrected chi connectivity index (χ2v) is 3.73. The highest BCUT2D eigenvalue weighted by Gasteiger charge is 2.30. The molecule has 5 heteroatoms. The van der Waals surface area contributed by atoms with Crippen LogP contribution in [0.15, 0.2) is 24.3 Å². The maximum absolute atomic E-state index is 12.6. The summed E-state index contributed by atoms with van der Waals surface area (Å²) in [7, 11) is 0. The summed E-state index contributed by atoms with van der Waals surface area (Å²) in [5, 5.41) is 11.6. The molecule has 0 bridgehead atoms. The van der Waals surface area contributed by atoms with Crippen LogP contribution in [0.25, 0.3) is 0 Å². The summed E-state index contributed by atoms with van der Waals surface area (Å²) in [6.45, 7) is 0.494. The minimum Gasteiger partial charge on any atom is -0.489 e. The van der Waals surface area contributed by atoms with Crippen molar-refractivity contribution in [2.24, 2.45) is 0 Å². The SMILES string of the molecule is O=C(O)C1CC(Oc2ccc(F)cc2)CN1. The number of ether oxygens (including phenoxy) is 1. The monoisotopic (exact) mass is 225 g/mol. The summed E-state index contributed by atoms with van der Waals surface area (Å²) in [5.41, 5.74) is 0. The van der Waals surface area contributed by atoms with Gasteiger partial charge in [-0.3, -0.25) is 4.79 Å². The fraction of sp³-hybridized carbons (Fsp3) is 0.364. The van der Waals surface area contributed by atoms with Gasteiger partial charge < -0.3 is 15.2 Å². The van der Waals surface area contributed by atoms with Gasteiger partial charge in [-0.2, -0.15) is 0 Å². The maximum atomic E-state index is 12.6. The summed E-state index contributed by atoms with van der Waals surface area (Å²) in [6, 6.07) is 5.14. The summed E-state index contributed by atoms with van der Waals surface area (Å²) in [5.74, 6) is -0.634. The van der Waals surface area contributed by atoms with Crippen LogP contribution in [0.3, 0.4) is 0 Å². The molecule has 2 unspecified atom stereocenters. The fourth-order valence-electron chi connectivity index (χ4n) is 1.69. The van der Waals surface area contributed by atoms with Crippen LogP contribution < -0.4 is 10.1 Å². The van der Waals surface area contributed by atoms with Gasteiger partial charge in [-0.1, -0.05) is 0 Å². The molecule has 1 heterocycles. The average Bonchev–Trinajstić information content (AvgIpc) is 2.70. The highest BCUT2D eigenvalue weighted by Crippen LogP contribution is 2.17. The number of nitrogens with one attached hydrogen (secondary N) is 1. The molecule has 1 fully saturated rings. The summed E-state index contributed by atoms with van der Waals surface area (Å²) in [4.78, 5) is 10.7. The van der Waals surface area contributed by atoms with Crippen LogP contribution in [0.2, 0.25) is 0 Å². The molecule has 0 amide bonds. The Bertz CT molecular complexity index is 379. The molecule has 0 spiro atoms. The van der Waals surface area contributed by atoms with Gasteiger partial charge in [-0.25, -0.2) is 4.39 Å². The van der Waals surface area contributed by atoms with Crippen LogP contribution in [-0.4, -0.2) is 29.8 Å². The second kappa shape index (κ2) is 4.49. The number of carboxylic acid groups (broad SMARTS) is 1. The molecule has 0 aliphatic carbocycles. The van der Waals surface area contributed by atoms with E-state index >= 15 is 0 Å². The van der Waals surface area contributed by atoms with E-state index in [1.807, 2.05) is 0 Å². The molecule has 2 N–H and O–H groups in total. The van der Waals surface area contributed by atoms with Gasteiger partial charge in [0, 0.05) is 13.0 Å². The molecule has 1 aromatic rings. The summed E-state index contributed by atoms with van der Waals surface area (Å²) < 4.78 is 18.1. The lowest BCUT2D eigenvalue weighted by Gasteiger charge is -2.12. The summed E-state index contributed by atoms with van der Waals surface area (Å²) >= 11 is 0. The minimum absolute atomic E-state index is 0.174. The Kier molecular flexibility index (Phi) is 3.05. The predicted molar refractivity (Wildman–Crippen MR) is 54.9 cm³/mol. The zero-order valence-electron chi connectivity index (χ0n) is 8.52. The van der Waals surface area contributed by atoms with Gasteiger partial charge in [0.2, 0.25) is 0 Å². The largest absolute Gasteiger partial charge is 0.489 e. The molecule has 4 nitrogen and oxygen atoms in total. The number of aliphatic carboxylic acids is 1. The Labute approximate surface area is 92.0 Å². The summed E-state index contributed by atoms with van der Waals surface area (Å²) in [6.07, 6.45) is 0.249. The Balaban J connectivity index is 1.92. The number of carboxylic acids is 1. The molecule has 86 valence electrons. The number of halogens is 1. The number of hydrogen-bond acceptors (Lipinski definition) is 3. The molecule has 1 aliphatic heterocycles. The second-order valence-electron chi connectivity index (χ2n) is 3.73. The number of rotatable bonds is 3. The topological polar surface area (TPSA) is 58.6 Å². The van der Waals surface area contributed by atoms with Gasteiger partial charge in [0.25, 0.3) is 0 Å². The van der Waals surface area contributed by atoms with Gasteiger partial charge in [0.1, 0.15) is 23.7 Å². The maximum Gasteiger partial charge on any atom is 0.320 e. The van der Waals surface area contributed by atoms with Crippen molar-refractivity contribution in [2.75, 3.05) is 6.54 Å². The van der Waals surface area contributed by atoms with Crippen LogP contribution in [0.5, 0.6) is 5.75 Å². The Morgan fingerprint density at radius 3 is 2.69 bits per heavy atom. The zero-order valence-corrected chi connectivity index (χ0v) is 8.52. The lowest BCUT2D eigenvalue weighted by atomic mass is 10.2. The van der Waals surface area contributed by atoms with Gasteiger partial charge in [-0.15, -0.1) is 0 Å². The third-order valence-electron chi connectivity index (χ3n) is 2.50. The Hall–Kier alpha value is -1.62. The first-order chi connectivity index (χ1) is 7.65. The zero-order chi connectivity index (χ0) is 11.5.